The van der Waals surface area contributed by atoms with Gasteiger partial charge in [-0.2, -0.15) is 0 Å². The van der Waals surface area contributed by atoms with Crippen LogP contribution in [0, 0.1) is 12.3 Å². The normalized spacial score (nSPS) is 13.0. The molecule has 2 rings (SSSR count). The van der Waals surface area contributed by atoms with Crippen LogP contribution in [0.15, 0.2) is 36.8 Å². The molecule has 1 atom stereocenters. The van der Waals surface area contributed by atoms with Gasteiger partial charge in [-0.15, -0.1) is 0 Å². The predicted octanol–water partition coefficient (Wildman–Crippen LogP) is 3.63. The second kappa shape index (κ2) is 6.12. The van der Waals surface area contributed by atoms with E-state index >= 15 is 0 Å². The maximum absolute atomic E-state index is 12.4. The van der Waals surface area contributed by atoms with E-state index in [0.29, 0.717) is 5.56 Å². The second-order valence-electron chi connectivity index (χ2n) is 6.59. The van der Waals surface area contributed by atoms with E-state index in [1.54, 1.807) is 12.4 Å². The van der Waals surface area contributed by atoms with E-state index in [2.05, 4.69) is 36.1 Å². The predicted molar refractivity (Wildman–Crippen MR) is 84.0 cm³/mol. The van der Waals surface area contributed by atoms with Gasteiger partial charge in [-0.05, 0) is 36.5 Å². The standard InChI is InChI=1S/C17H23N3O/c1-12-14(7-9-19-12)16(21)20-15(10-17(2,3)4)13-6-5-8-18-11-13/h5-9,11,15,19H,10H2,1-4H3,(H,20,21). The Labute approximate surface area is 126 Å². The van der Waals surface area contributed by atoms with Crippen molar-refractivity contribution in [1.29, 1.82) is 0 Å². The first-order valence-corrected chi connectivity index (χ1v) is 7.21. The molecule has 2 N–H and O–H groups in total. The Kier molecular flexibility index (Phi) is 4.46. The fourth-order valence-electron chi connectivity index (χ4n) is 2.38. The highest BCUT2D eigenvalue weighted by Gasteiger charge is 2.23. The molecule has 4 heteroatoms. The Morgan fingerprint density at radius 2 is 2.14 bits per heavy atom. The van der Waals surface area contributed by atoms with Gasteiger partial charge >= 0.3 is 0 Å². The molecule has 0 fully saturated rings. The van der Waals surface area contributed by atoms with E-state index in [-0.39, 0.29) is 17.4 Å². The molecule has 0 aliphatic heterocycles. The van der Waals surface area contributed by atoms with Crippen molar-refractivity contribution in [2.75, 3.05) is 0 Å². The first-order chi connectivity index (χ1) is 9.87. The molecular weight excluding hydrogens is 262 g/mol. The van der Waals surface area contributed by atoms with Gasteiger partial charge in [0, 0.05) is 24.3 Å². The van der Waals surface area contributed by atoms with Gasteiger partial charge < -0.3 is 10.3 Å². The number of pyridine rings is 1. The number of nitrogens with zero attached hydrogens (tertiary/aromatic N) is 1. The van der Waals surface area contributed by atoms with Gasteiger partial charge in [0.25, 0.3) is 5.91 Å². The van der Waals surface area contributed by atoms with Crippen LogP contribution in [0.1, 0.15) is 54.8 Å². The summed E-state index contributed by atoms with van der Waals surface area (Å²) in [6.45, 7) is 8.41. The zero-order valence-electron chi connectivity index (χ0n) is 13.1. The van der Waals surface area contributed by atoms with E-state index < -0.39 is 0 Å². The molecule has 0 aromatic carbocycles. The molecule has 0 saturated carbocycles. The van der Waals surface area contributed by atoms with E-state index in [1.165, 1.54) is 0 Å². The molecule has 4 nitrogen and oxygen atoms in total. The number of aryl methyl sites for hydroxylation is 1. The number of H-pyrrole nitrogens is 1. The summed E-state index contributed by atoms with van der Waals surface area (Å²) in [5.41, 5.74) is 2.72. The molecule has 2 aromatic heterocycles. The second-order valence-corrected chi connectivity index (χ2v) is 6.59. The molecule has 112 valence electrons. The van der Waals surface area contributed by atoms with Crippen molar-refractivity contribution in [2.45, 2.75) is 40.2 Å². The fourth-order valence-corrected chi connectivity index (χ4v) is 2.38. The Morgan fingerprint density at radius 3 is 2.67 bits per heavy atom. The van der Waals surface area contributed by atoms with Gasteiger partial charge in [-0.25, -0.2) is 0 Å². The first kappa shape index (κ1) is 15.3. The highest BCUT2D eigenvalue weighted by Crippen LogP contribution is 2.29. The van der Waals surface area contributed by atoms with E-state index in [4.69, 9.17) is 0 Å². The summed E-state index contributed by atoms with van der Waals surface area (Å²) in [6.07, 6.45) is 6.21. The van der Waals surface area contributed by atoms with Crippen LogP contribution in [0.2, 0.25) is 0 Å². The number of hydrogen-bond donors (Lipinski definition) is 2. The third-order valence-corrected chi connectivity index (χ3v) is 3.41. The lowest BCUT2D eigenvalue weighted by atomic mass is 9.85. The summed E-state index contributed by atoms with van der Waals surface area (Å²) in [5.74, 6) is -0.0492. The molecule has 2 heterocycles. The number of aromatic nitrogens is 2. The van der Waals surface area contributed by atoms with Gasteiger partial charge in [0.2, 0.25) is 0 Å². The summed E-state index contributed by atoms with van der Waals surface area (Å²) < 4.78 is 0. The molecule has 0 saturated heterocycles. The number of aromatic amines is 1. The molecule has 1 amide bonds. The number of hydrogen-bond acceptors (Lipinski definition) is 2. The van der Waals surface area contributed by atoms with Crippen LogP contribution in [0.4, 0.5) is 0 Å². The quantitative estimate of drug-likeness (QED) is 0.901. The Hall–Kier alpha value is -2.10. The summed E-state index contributed by atoms with van der Waals surface area (Å²) in [4.78, 5) is 19.6. The average Bonchev–Trinajstić information content (AvgIpc) is 2.84. The molecule has 21 heavy (non-hydrogen) atoms. The summed E-state index contributed by atoms with van der Waals surface area (Å²) in [5, 5.41) is 3.13. The first-order valence-electron chi connectivity index (χ1n) is 7.21. The summed E-state index contributed by atoms with van der Waals surface area (Å²) >= 11 is 0. The van der Waals surface area contributed by atoms with Gasteiger partial charge in [0.1, 0.15) is 0 Å². The monoisotopic (exact) mass is 285 g/mol. The molecule has 0 spiro atoms. The third-order valence-electron chi connectivity index (χ3n) is 3.41. The van der Waals surface area contributed by atoms with Crippen molar-refractivity contribution in [1.82, 2.24) is 15.3 Å². The molecule has 0 aliphatic rings. The maximum Gasteiger partial charge on any atom is 0.253 e. The molecular formula is C17H23N3O. The van der Waals surface area contributed by atoms with E-state index in [9.17, 15) is 4.79 Å². The largest absolute Gasteiger partial charge is 0.365 e. The molecule has 0 bridgehead atoms. The number of carbonyl (C=O) groups excluding carboxylic acids is 1. The lowest BCUT2D eigenvalue weighted by Crippen LogP contribution is -2.31. The highest BCUT2D eigenvalue weighted by atomic mass is 16.1. The Balaban J connectivity index is 2.21. The van der Waals surface area contributed by atoms with Crippen LogP contribution >= 0.6 is 0 Å². The van der Waals surface area contributed by atoms with Crippen molar-refractivity contribution in [3.05, 3.63) is 53.6 Å². The van der Waals surface area contributed by atoms with Crippen molar-refractivity contribution >= 4 is 5.91 Å². The van der Waals surface area contributed by atoms with Crippen molar-refractivity contribution in [3.8, 4) is 0 Å². The van der Waals surface area contributed by atoms with Crippen LogP contribution in [0.3, 0.4) is 0 Å². The van der Waals surface area contributed by atoms with Crippen molar-refractivity contribution < 1.29 is 4.79 Å². The maximum atomic E-state index is 12.4. The minimum absolute atomic E-state index is 0.0412. The smallest absolute Gasteiger partial charge is 0.253 e. The van der Waals surface area contributed by atoms with Gasteiger partial charge in [0.05, 0.1) is 11.6 Å². The number of nitrogens with one attached hydrogen (secondary N) is 2. The molecule has 0 radical (unpaired) electrons. The lowest BCUT2D eigenvalue weighted by molar-refractivity contribution is 0.0926. The zero-order valence-corrected chi connectivity index (χ0v) is 13.1. The Morgan fingerprint density at radius 1 is 1.38 bits per heavy atom. The SMILES string of the molecule is Cc1[nH]ccc1C(=O)NC(CC(C)(C)C)c1cccnc1. The van der Waals surface area contributed by atoms with Crippen LogP contribution in [-0.4, -0.2) is 15.9 Å². The van der Waals surface area contributed by atoms with Crippen LogP contribution in [-0.2, 0) is 0 Å². The zero-order chi connectivity index (χ0) is 15.5. The summed E-state index contributed by atoms with van der Waals surface area (Å²) in [7, 11) is 0. The third kappa shape index (κ3) is 4.18. The molecule has 0 aliphatic carbocycles. The lowest BCUT2D eigenvalue weighted by Gasteiger charge is -2.27. The van der Waals surface area contributed by atoms with Crippen LogP contribution in [0.5, 0.6) is 0 Å². The van der Waals surface area contributed by atoms with E-state index in [1.807, 2.05) is 31.3 Å². The van der Waals surface area contributed by atoms with Gasteiger partial charge in [0.15, 0.2) is 0 Å². The average molecular weight is 285 g/mol. The van der Waals surface area contributed by atoms with Crippen LogP contribution in [0.25, 0.3) is 0 Å². The van der Waals surface area contributed by atoms with Crippen LogP contribution < -0.4 is 5.32 Å². The summed E-state index contributed by atoms with van der Waals surface area (Å²) in [6, 6.07) is 5.68. The topological polar surface area (TPSA) is 57.8 Å². The van der Waals surface area contributed by atoms with Crippen molar-refractivity contribution in [3.63, 3.8) is 0 Å². The number of rotatable bonds is 4. The van der Waals surface area contributed by atoms with Crippen molar-refractivity contribution in [2.24, 2.45) is 5.41 Å². The number of carbonyl (C=O) groups is 1. The molecule has 1 unspecified atom stereocenters. The molecule has 2 aromatic rings. The van der Waals surface area contributed by atoms with E-state index in [0.717, 1.165) is 17.7 Å². The minimum atomic E-state index is -0.0492. The number of amides is 1. The Bertz CT molecular complexity index is 596. The van der Waals surface area contributed by atoms with Gasteiger partial charge in [-0.3, -0.25) is 9.78 Å². The highest BCUT2D eigenvalue weighted by molar-refractivity contribution is 5.95. The minimum Gasteiger partial charge on any atom is -0.365 e. The fraction of sp³-hybridized carbons (Fsp3) is 0.412. The van der Waals surface area contributed by atoms with Gasteiger partial charge in [-0.1, -0.05) is 26.8 Å².